The summed E-state index contributed by atoms with van der Waals surface area (Å²) in [6, 6.07) is 0. The number of nitrogens with two attached hydrogens (primary N) is 1. The van der Waals surface area contributed by atoms with Gasteiger partial charge in [-0.3, -0.25) is 0 Å². The van der Waals surface area contributed by atoms with Gasteiger partial charge in [0.05, 0.1) is 6.20 Å². The zero-order valence-corrected chi connectivity index (χ0v) is 8.26. The number of aromatic nitrogens is 2. The molecule has 1 heterocycles. The van der Waals surface area contributed by atoms with Crippen LogP contribution in [0.15, 0.2) is 6.20 Å². The van der Waals surface area contributed by atoms with Crippen molar-refractivity contribution < 1.29 is 4.39 Å². The monoisotopic (exact) mass is 198 g/mol. The average Bonchev–Trinajstić information content (AvgIpc) is 2.18. The van der Waals surface area contributed by atoms with Gasteiger partial charge in [-0.15, -0.1) is 0 Å². The Hall–Kier alpha value is -1.39. The first-order chi connectivity index (χ1) is 6.74. The number of hydrogen-bond donors (Lipinski definition) is 2. The van der Waals surface area contributed by atoms with Crippen LogP contribution in [0.25, 0.3) is 0 Å². The molecule has 3 N–H and O–H groups in total. The van der Waals surface area contributed by atoms with Crippen molar-refractivity contribution in [2.45, 2.75) is 26.2 Å². The van der Waals surface area contributed by atoms with Gasteiger partial charge in [0, 0.05) is 6.54 Å². The van der Waals surface area contributed by atoms with Crippen LogP contribution in [0.5, 0.6) is 0 Å². The van der Waals surface area contributed by atoms with E-state index in [2.05, 4.69) is 22.2 Å². The molecule has 0 aliphatic rings. The van der Waals surface area contributed by atoms with Crippen molar-refractivity contribution in [3.8, 4) is 0 Å². The summed E-state index contributed by atoms with van der Waals surface area (Å²) in [5.74, 6) is -0.186. The van der Waals surface area contributed by atoms with Crippen LogP contribution in [0.4, 0.5) is 16.2 Å². The Morgan fingerprint density at radius 2 is 2.29 bits per heavy atom. The lowest BCUT2D eigenvalue weighted by atomic mass is 10.2. The zero-order chi connectivity index (χ0) is 10.4. The smallest absolute Gasteiger partial charge is 0.222 e. The molecule has 0 saturated heterocycles. The third-order valence-electron chi connectivity index (χ3n) is 1.84. The topological polar surface area (TPSA) is 63.8 Å². The van der Waals surface area contributed by atoms with E-state index < -0.39 is 5.82 Å². The normalized spacial score (nSPS) is 10.1. The maximum atomic E-state index is 13.0. The number of hydrogen-bond acceptors (Lipinski definition) is 4. The summed E-state index contributed by atoms with van der Waals surface area (Å²) in [4.78, 5) is 7.29. The Kier molecular flexibility index (Phi) is 4.10. The van der Waals surface area contributed by atoms with Gasteiger partial charge in [-0.05, 0) is 6.42 Å². The van der Waals surface area contributed by atoms with Crippen molar-refractivity contribution in [3.63, 3.8) is 0 Å². The molecular formula is C9H15FN4. The van der Waals surface area contributed by atoms with Gasteiger partial charge >= 0.3 is 0 Å². The van der Waals surface area contributed by atoms with E-state index in [4.69, 9.17) is 5.73 Å². The fraction of sp³-hybridized carbons (Fsp3) is 0.556. The third-order valence-corrected chi connectivity index (χ3v) is 1.84. The molecule has 0 radical (unpaired) electrons. The molecular weight excluding hydrogens is 183 g/mol. The first-order valence-corrected chi connectivity index (χ1v) is 4.76. The van der Waals surface area contributed by atoms with Crippen molar-refractivity contribution in [3.05, 3.63) is 12.0 Å². The number of halogens is 1. The summed E-state index contributed by atoms with van der Waals surface area (Å²) in [5.41, 5.74) is 5.33. The molecule has 0 atom stereocenters. The lowest BCUT2D eigenvalue weighted by Gasteiger charge is -2.05. The third kappa shape index (κ3) is 3.16. The predicted octanol–water partition coefficient (Wildman–Crippen LogP) is 1.80. The Bertz CT molecular complexity index is 290. The minimum atomic E-state index is -0.462. The molecule has 0 amide bonds. The van der Waals surface area contributed by atoms with Gasteiger partial charge < -0.3 is 11.1 Å². The van der Waals surface area contributed by atoms with E-state index >= 15 is 0 Å². The molecule has 14 heavy (non-hydrogen) atoms. The van der Waals surface area contributed by atoms with E-state index in [1.807, 2.05) is 0 Å². The minimum absolute atomic E-state index is 0.0874. The number of rotatable bonds is 5. The van der Waals surface area contributed by atoms with Crippen LogP contribution in [0.3, 0.4) is 0 Å². The number of nitrogens with zero attached hydrogens (tertiary/aromatic N) is 2. The van der Waals surface area contributed by atoms with Crippen molar-refractivity contribution >= 4 is 11.8 Å². The SMILES string of the molecule is CCCCCNc1nc(N)ncc1F. The second-order valence-electron chi connectivity index (χ2n) is 3.06. The summed E-state index contributed by atoms with van der Waals surface area (Å²) >= 11 is 0. The lowest BCUT2D eigenvalue weighted by Crippen LogP contribution is -2.07. The summed E-state index contributed by atoms with van der Waals surface area (Å²) < 4.78 is 13.0. The van der Waals surface area contributed by atoms with Crippen LogP contribution in [-0.2, 0) is 0 Å². The van der Waals surface area contributed by atoms with Crippen molar-refractivity contribution in [2.75, 3.05) is 17.6 Å². The van der Waals surface area contributed by atoms with E-state index in [0.717, 1.165) is 25.5 Å². The predicted molar refractivity (Wildman–Crippen MR) is 54.4 cm³/mol. The zero-order valence-electron chi connectivity index (χ0n) is 8.26. The van der Waals surface area contributed by atoms with Gasteiger partial charge in [0.15, 0.2) is 11.6 Å². The molecule has 1 rings (SSSR count). The summed E-state index contributed by atoms with van der Waals surface area (Å²) in [6.07, 6.45) is 4.33. The molecule has 0 unspecified atom stereocenters. The summed E-state index contributed by atoms with van der Waals surface area (Å²) in [7, 11) is 0. The minimum Gasteiger partial charge on any atom is -0.368 e. The average molecular weight is 198 g/mol. The highest BCUT2D eigenvalue weighted by atomic mass is 19.1. The molecule has 5 heteroatoms. The van der Waals surface area contributed by atoms with Crippen molar-refractivity contribution in [2.24, 2.45) is 0 Å². The first-order valence-electron chi connectivity index (χ1n) is 4.76. The van der Waals surface area contributed by atoms with Gasteiger partial charge in [0.1, 0.15) is 0 Å². The number of anilines is 2. The Morgan fingerprint density at radius 3 is 3.00 bits per heavy atom. The van der Waals surface area contributed by atoms with Gasteiger partial charge in [0.2, 0.25) is 5.95 Å². The highest BCUT2D eigenvalue weighted by molar-refractivity contribution is 5.38. The van der Waals surface area contributed by atoms with Crippen LogP contribution < -0.4 is 11.1 Å². The van der Waals surface area contributed by atoms with Crippen LogP contribution >= 0.6 is 0 Å². The van der Waals surface area contributed by atoms with E-state index in [1.165, 1.54) is 0 Å². The Morgan fingerprint density at radius 1 is 1.50 bits per heavy atom. The highest BCUT2D eigenvalue weighted by Crippen LogP contribution is 2.10. The van der Waals surface area contributed by atoms with Crippen LogP contribution in [0, 0.1) is 5.82 Å². The quantitative estimate of drug-likeness (QED) is 0.708. The Labute approximate surface area is 82.8 Å². The van der Waals surface area contributed by atoms with Crippen molar-refractivity contribution in [1.29, 1.82) is 0 Å². The maximum Gasteiger partial charge on any atom is 0.222 e. The molecule has 0 saturated carbocycles. The standard InChI is InChI=1S/C9H15FN4/c1-2-3-4-5-12-8-7(10)6-13-9(11)14-8/h6H,2-5H2,1H3,(H3,11,12,13,14). The molecule has 1 aromatic rings. The first kappa shape index (κ1) is 10.7. The van der Waals surface area contributed by atoms with E-state index in [1.54, 1.807) is 0 Å². The Balaban J connectivity index is 2.45. The summed E-state index contributed by atoms with van der Waals surface area (Å²) in [6.45, 7) is 2.82. The van der Waals surface area contributed by atoms with Crippen molar-refractivity contribution in [1.82, 2.24) is 9.97 Å². The lowest BCUT2D eigenvalue weighted by molar-refractivity contribution is 0.616. The van der Waals surface area contributed by atoms with Crippen LogP contribution in [-0.4, -0.2) is 16.5 Å². The second kappa shape index (κ2) is 5.36. The molecule has 0 fully saturated rings. The summed E-state index contributed by atoms with van der Waals surface area (Å²) in [5, 5.41) is 2.88. The van der Waals surface area contributed by atoms with Gasteiger partial charge in [0.25, 0.3) is 0 Å². The van der Waals surface area contributed by atoms with Gasteiger partial charge in [-0.2, -0.15) is 4.98 Å². The van der Waals surface area contributed by atoms with E-state index in [9.17, 15) is 4.39 Å². The van der Waals surface area contributed by atoms with E-state index in [-0.39, 0.29) is 11.8 Å². The number of nitrogen functional groups attached to an aromatic ring is 1. The fourth-order valence-electron chi connectivity index (χ4n) is 1.09. The maximum absolute atomic E-state index is 13.0. The van der Waals surface area contributed by atoms with Gasteiger partial charge in [-0.25, -0.2) is 9.37 Å². The molecule has 0 aliphatic carbocycles. The molecule has 78 valence electrons. The number of unbranched alkanes of at least 4 members (excludes halogenated alkanes) is 2. The second-order valence-corrected chi connectivity index (χ2v) is 3.06. The molecule has 0 aromatic carbocycles. The largest absolute Gasteiger partial charge is 0.368 e. The molecule has 4 nitrogen and oxygen atoms in total. The van der Waals surface area contributed by atoms with Crippen LogP contribution in [0.2, 0.25) is 0 Å². The number of nitrogens with one attached hydrogen (secondary N) is 1. The molecule has 1 aromatic heterocycles. The highest BCUT2D eigenvalue weighted by Gasteiger charge is 2.03. The molecule has 0 spiro atoms. The fourth-order valence-corrected chi connectivity index (χ4v) is 1.09. The molecule has 0 bridgehead atoms. The van der Waals surface area contributed by atoms with Gasteiger partial charge in [-0.1, -0.05) is 19.8 Å². The van der Waals surface area contributed by atoms with E-state index in [0.29, 0.717) is 6.54 Å². The van der Waals surface area contributed by atoms with Crippen LogP contribution in [0.1, 0.15) is 26.2 Å². The molecule has 0 aliphatic heterocycles.